The molecule has 0 aliphatic heterocycles. The maximum absolute atomic E-state index is 12.3. The van der Waals surface area contributed by atoms with Crippen LogP contribution in [0.25, 0.3) is 0 Å². The minimum atomic E-state index is -0.828. The molecule has 0 aliphatic carbocycles. The van der Waals surface area contributed by atoms with E-state index in [-0.39, 0.29) is 13.2 Å². The fourth-order valence-electron chi connectivity index (χ4n) is 2.98. The third-order valence-corrected chi connectivity index (χ3v) is 9.65. The maximum atomic E-state index is 12.3. The Kier molecular flexibility index (Phi) is 16.6. The molecule has 1 aromatic carbocycles. The van der Waals surface area contributed by atoms with Crippen molar-refractivity contribution in [3.8, 4) is 11.5 Å². The van der Waals surface area contributed by atoms with Gasteiger partial charge in [-0.05, 0) is 58.8 Å². The van der Waals surface area contributed by atoms with Crippen LogP contribution in [-0.2, 0) is 19.1 Å². The molecule has 0 radical (unpaired) electrons. The number of thioether (sulfide) groups is 4. The Hall–Kier alpha value is -1.36. The molecule has 220 valence electrons. The van der Waals surface area contributed by atoms with Crippen LogP contribution in [0.5, 0.6) is 11.5 Å². The number of carbonyl (C=O) groups excluding carboxylic acids is 2. The number of carbonyl (C=O) groups is 2. The van der Waals surface area contributed by atoms with Crippen molar-refractivity contribution in [3.05, 3.63) is 48.1 Å². The number of benzene rings is 1. The predicted molar refractivity (Wildman–Crippen MR) is 172 cm³/mol. The molecule has 1 aromatic rings. The van der Waals surface area contributed by atoms with Gasteiger partial charge in [0.15, 0.2) is 11.2 Å². The minimum Gasteiger partial charge on any atom is -0.489 e. The first-order valence-corrected chi connectivity index (χ1v) is 17.7. The molecular formula is C29H44O6S4. The van der Waals surface area contributed by atoms with Crippen LogP contribution in [0.15, 0.2) is 42.5 Å². The number of aryl methyl sites for hydroxylation is 1. The van der Waals surface area contributed by atoms with Gasteiger partial charge in [0.05, 0.1) is 0 Å². The van der Waals surface area contributed by atoms with Crippen molar-refractivity contribution in [2.45, 2.75) is 45.8 Å². The SMILES string of the molecule is C=C(C)C(=O)OC(C)(COc1ccc(C)c(OCC(C)(CSCCSC)OC(=O)C(=C)C)c1)CSCCSC. The third kappa shape index (κ3) is 14.2. The number of hydrogen-bond donors (Lipinski definition) is 0. The normalized spacial score (nSPS) is 14.0. The van der Waals surface area contributed by atoms with Crippen LogP contribution in [0.4, 0.5) is 0 Å². The lowest BCUT2D eigenvalue weighted by atomic mass is 10.1. The standard InChI is InChI=1S/C29H44O6S4/c1-21(2)26(30)34-28(6,19-38-14-12-36-8)17-32-24-11-10-23(5)25(16-24)33-18-29(7,20-39-15-13-37-9)35-27(31)22(3)4/h10-11,16H,1,3,12-15,17-20H2,2,4-9H3. The molecule has 0 fully saturated rings. The Morgan fingerprint density at radius 2 is 1.26 bits per heavy atom. The monoisotopic (exact) mass is 616 g/mol. The van der Waals surface area contributed by atoms with Crippen molar-refractivity contribution in [1.82, 2.24) is 0 Å². The number of hydrogen-bond acceptors (Lipinski definition) is 10. The van der Waals surface area contributed by atoms with Gasteiger partial charge in [-0.15, -0.1) is 0 Å². The van der Waals surface area contributed by atoms with Crippen LogP contribution in [-0.4, -0.2) is 83.4 Å². The summed E-state index contributed by atoms with van der Waals surface area (Å²) in [4.78, 5) is 24.6. The van der Waals surface area contributed by atoms with Crippen molar-refractivity contribution in [1.29, 1.82) is 0 Å². The van der Waals surface area contributed by atoms with Crippen molar-refractivity contribution < 1.29 is 28.5 Å². The Balaban J connectivity index is 2.97. The highest BCUT2D eigenvalue weighted by Crippen LogP contribution is 2.29. The highest BCUT2D eigenvalue weighted by molar-refractivity contribution is 8.03. The fraction of sp³-hybridized carbons (Fsp3) is 0.586. The molecule has 0 aliphatic rings. The van der Waals surface area contributed by atoms with E-state index < -0.39 is 23.1 Å². The predicted octanol–water partition coefficient (Wildman–Crippen LogP) is 6.70. The Labute approximate surface area is 252 Å². The van der Waals surface area contributed by atoms with Crippen molar-refractivity contribution >= 4 is 59.0 Å². The molecule has 0 N–H and O–H groups in total. The summed E-state index contributed by atoms with van der Waals surface area (Å²) in [6, 6.07) is 5.60. The quantitative estimate of drug-likeness (QED) is 0.0898. The number of rotatable bonds is 20. The van der Waals surface area contributed by atoms with Gasteiger partial charge >= 0.3 is 11.9 Å². The van der Waals surface area contributed by atoms with Crippen LogP contribution in [0, 0.1) is 6.92 Å². The molecule has 0 spiro atoms. The van der Waals surface area contributed by atoms with Gasteiger partial charge in [-0.1, -0.05) is 19.2 Å². The molecule has 2 unspecified atom stereocenters. The molecule has 0 heterocycles. The lowest BCUT2D eigenvalue weighted by Gasteiger charge is -2.30. The van der Waals surface area contributed by atoms with E-state index in [9.17, 15) is 9.59 Å². The average Bonchev–Trinajstić information content (AvgIpc) is 2.88. The highest BCUT2D eigenvalue weighted by Gasteiger charge is 2.32. The zero-order valence-electron chi connectivity index (χ0n) is 24.4. The Morgan fingerprint density at radius 3 is 1.69 bits per heavy atom. The lowest BCUT2D eigenvalue weighted by Crippen LogP contribution is -2.41. The van der Waals surface area contributed by atoms with Gasteiger partial charge in [0, 0.05) is 51.7 Å². The van der Waals surface area contributed by atoms with Crippen LogP contribution in [0.3, 0.4) is 0 Å². The van der Waals surface area contributed by atoms with Gasteiger partial charge in [0.2, 0.25) is 0 Å². The van der Waals surface area contributed by atoms with E-state index in [1.807, 2.05) is 39.0 Å². The van der Waals surface area contributed by atoms with Gasteiger partial charge in [-0.3, -0.25) is 0 Å². The van der Waals surface area contributed by atoms with E-state index in [1.54, 1.807) is 60.9 Å². The first-order chi connectivity index (χ1) is 18.3. The van der Waals surface area contributed by atoms with E-state index >= 15 is 0 Å². The molecule has 10 heteroatoms. The molecule has 0 bridgehead atoms. The zero-order chi connectivity index (χ0) is 29.5. The topological polar surface area (TPSA) is 71.1 Å². The molecular weight excluding hydrogens is 573 g/mol. The first-order valence-electron chi connectivity index (χ1n) is 12.6. The summed E-state index contributed by atoms with van der Waals surface area (Å²) in [5.41, 5.74) is -0.0255. The first kappa shape index (κ1) is 35.7. The molecule has 0 saturated heterocycles. The van der Waals surface area contributed by atoms with E-state index in [0.29, 0.717) is 34.2 Å². The van der Waals surface area contributed by atoms with E-state index in [2.05, 4.69) is 25.7 Å². The van der Waals surface area contributed by atoms with Gasteiger partial charge < -0.3 is 18.9 Å². The number of esters is 2. The summed E-state index contributed by atoms with van der Waals surface area (Å²) in [6.45, 7) is 16.8. The fourth-order valence-corrected chi connectivity index (χ4v) is 6.69. The molecule has 0 saturated carbocycles. The molecule has 2 atom stereocenters. The Bertz CT molecular complexity index is 969. The van der Waals surface area contributed by atoms with Crippen LogP contribution in [0.1, 0.15) is 33.3 Å². The molecule has 0 aromatic heterocycles. The van der Waals surface area contributed by atoms with E-state index in [0.717, 1.165) is 28.6 Å². The molecule has 39 heavy (non-hydrogen) atoms. The summed E-state index contributed by atoms with van der Waals surface area (Å²) < 4.78 is 23.9. The summed E-state index contributed by atoms with van der Waals surface area (Å²) in [5, 5.41) is 0. The largest absolute Gasteiger partial charge is 0.489 e. The molecule has 1 rings (SSSR count). The van der Waals surface area contributed by atoms with Crippen molar-refractivity contribution in [2.24, 2.45) is 0 Å². The zero-order valence-corrected chi connectivity index (χ0v) is 27.7. The smallest absolute Gasteiger partial charge is 0.333 e. The van der Waals surface area contributed by atoms with Gasteiger partial charge in [-0.2, -0.15) is 47.0 Å². The van der Waals surface area contributed by atoms with Gasteiger partial charge in [-0.25, -0.2) is 9.59 Å². The van der Waals surface area contributed by atoms with E-state index in [1.165, 1.54) is 0 Å². The van der Waals surface area contributed by atoms with E-state index in [4.69, 9.17) is 18.9 Å². The molecule has 6 nitrogen and oxygen atoms in total. The van der Waals surface area contributed by atoms with Crippen molar-refractivity contribution in [3.63, 3.8) is 0 Å². The van der Waals surface area contributed by atoms with Crippen LogP contribution >= 0.6 is 47.0 Å². The van der Waals surface area contributed by atoms with Crippen LogP contribution in [0.2, 0.25) is 0 Å². The minimum absolute atomic E-state index is 0.181. The summed E-state index contributed by atoms with van der Waals surface area (Å²) in [6.07, 6.45) is 4.14. The van der Waals surface area contributed by atoms with Gasteiger partial charge in [0.25, 0.3) is 0 Å². The summed E-state index contributed by atoms with van der Waals surface area (Å²) in [5.74, 6) is 5.51. The second kappa shape index (κ2) is 18.1. The lowest BCUT2D eigenvalue weighted by molar-refractivity contribution is -0.154. The van der Waals surface area contributed by atoms with Crippen molar-refractivity contribution in [2.75, 3.05) is 60.2 Å². The second-order valence-corrected chi connectivity index (χ2v) is 14.0. The summed E-state index contributed by atoms with van der Waals surface area (Å²) >= 11 is 7.01. The average molecular weight is 617 g/mol. The van der Waals surface area contributed by atoms with Crippen LogP contribution < -0.4 is 9.47 Å². The maximum Gasteiger partial charge on any atom is 0.333 e. The Morgan fingerprint density at radius 1 is 0.795 bits per heavy atom. The number of ether oxygens (including phenoxy) is 4. The highest BCUT2D eigenvalue weighted by atomic mass is 32.2. The summed E-state index contributed by atoms with van der Waals surface area (Å²) in [7, 11) is 0. The third-order valence-electron chi connectivity index (χ3n) is 5.29. The second-order valence-electron chi connectivity index (χ2n) is 9.83. The molecule has 0 amide bonds. The van der Waals surface area contributed by atoms with Gasteiger partial charge in [0.1, 0.15) is 24.7 Å².